The van der Waals surface area contributed by atoms with Crippen molar-refractivity contribution in [3.63, 3.8) is 0 Å². The number of carbonyl (C=O) groups is 1. The Morgan fingerprint density at radius 3 is 2.40 bits per heavy atom. The molecular formula is C24H23N3O2S. The summed E-state index contributed by atoms with van der Waals surface area (Å²) in [7, 11) is 0. The summed E-state index contributed by atoms with van der Waals surface area (Å²) < 4.78 is 1.53. The summed E-state index contributed by atoms with van der Waals surface area (Å²) in [5.74, 6) is 0.0344. The maximum atomic E-state index is 13.1. The van der Waals surface area contributed by atoms with Gasteiger partial charge in [-0.1, -0.05) is 60.7 Å². The fourth-order valence-electron chi connectivity index (χ4n) is 3.43. The molecule has 4 aromatic rings. The van der Waals surface area contributed by atoms with E-state index >= 15 is 0 Å². The Morgan fingerprint density at radius 1 is 0.967 bits per heavy atom. The second-order valence-electron chi connectivity index (χ2n) is 7.17. The third-order valence-electron chi connectivity index (χ3n) is 5.10. The molecule has 0 spiro atoms. The minimum absolute atomic E-state index is 0.0344. The highest BCUT2D eigenvalue weighted by atomic mass is 32.1. The van der Waals surface area contributed by atoms with Crippen LogP contribution in [0.2, 0.25) is 0 Å². The summed E-state index contributed by atoms with van der Waals surface area (Å²) in [5.41, 5.74) is 2.21. The van der Waals surface area contributed by atoms with Crippen molar-refractivity contribution in [1.82, 2.24) is 14.5 Å². The van der Waals surface area contributed by atoms with Crippen LogP contribution in [0.15, 0.2) is 83.2 Å². The van der Waals surface area contributed by atoms with Crippen LogP contribution in [-0.4, -0.2) is 26.9 Å². The van der Waals surface area contributed by atoms with Gasteiger partial charge in [0.05, 0.1) is 11.7 Å². The van der Waals surface area contributed by atoms with Crippen molar-refractivity contribution in [2.45, 2.75) is 25.9 Å². The van der Waals surface area contributed by atoms with Crippen molar-refractivity contribution in [2.24, 2.45) is 0 Å². The maximum absolute atomic E-state index is 13.1. The molecule has 5 nitrogen and oxygen atoms in total. The van der Waals surface area contributed by atoms with Gasteiger partial charge in [0, 0.05) is 26.1 Å². The van der Waals surface area contributed by atoms with Gasteiger partial charge in [0.15, 0.2) is 0 Å². The number of hydrogen-bond acceptors (Lipinski definition) is 4. The predicted octanol–water partition coefficient (Wildman–Crippen LogP) is 4.12. The number of benzene rings is 2. The molecule has 30 heavy (non-hydrogen) atoms. The molecule has 0 aliphatic rings. The molecule has 152 valence electrons. The van der Waals surface area contributed by atoms with Crippen LogP contribution < -0.4 is 5.56 Å². The van der Waals surface area contributed by atoms with Crippen molar-refractivity contribution in [3.8, 4) is 0 Å². The Hall–Kier alpha value is -3.25. The van der Waals surface area contributed by atoms with E-state index in [0.29, 0.717) is 25.0 Å². The van der Waals surface area contributed by atoms with Crippen LogP contribution >= 0.6 is 11.3 Å². The van der Waals surface area contributed by atoms with Crippen molar-refractivity contribution >= 4 is 27.5 Å². The molecule has 0 aliphatic carbocycles. The number of nitrogens with zero attached hydrogens (tertiary/aromatic N) is 3. The van der Waals surface area contributed by atoms with Gasteiger partial charge in [-0.2, -0.15) is 0 Å². The van der Waals surface area contributed by atoms with Crippen LogP contribution in [0.4, 0.5) is 0 Å². The predicted molar refractivity (Wildman–Crippen MR) is 121 cm³/mol. The summed E-state index contributed by atoms with van der Waals surface area (Å²) in [4.78, 5) is 32.6. The van der Waals surface area contributed by atoms with Crippen LogP contribution in [0.1, 0.15) is 17.5 Å². The van der Waals surface area contributed by atoms with Crippen LogP contribution in [0, 0.1) is 0 Å². The van der Waals surface area contributed by atoms with E-state index in [1.165, 1.54) is 21.5 Å². The van der Waals surface area contributed by atoms with Gasteiger partial charge in [0.25, 0.3) is 5.56 Å². The highest BCUT2D eigenvalue weighted by molar-refractivity contribution is 7.16. The van der Waals surface area contributed by atoms with Crippen molar-refractivity contribution < 1.29 is 4.79 Å². The molecule has 2 aromatic carbocycles. The van der Waals surface area contributed by atoms with Crippen molar-refractivity contribution in [1.29, 1.82) is 0 Å². The average molecular weight is 418 g/mol. The molecule has 0 radical (unpaired) electrons. The molecule has 6 heteroatoms. The van der Waals surface area contributed by atoms with E-state index in [2.05, 4.69) is 17.1 Å². The topological polar surface area (TPSA) is 55.2 Å². The lowest BCUT2D eigenvalue weighted by molar-refractivity contribution is -0.132. The second-order valence-corrected chi connectivity index (χ2v) is 8.06. The maximum Gasteiger partial charge on any atom is 0.262 e. The molecule has 0 N–H and O–H groups in total. The first-order chi connectivity index (χ1) is 14.7. The first-order valence-electron chi connectivity index (χ1n) is 9.99. The summed E-state index contributed by atoms with van der Waals surface area (Å²) in [5, 5.41) is 2.47. The Balaban J connectivity index is 1.46. The zero-order valence-electron chi connectivity index (χ0n) is 16.6. The number of fused-ring (bicyclic) bond motifs is 1. The molecule has 2 aromatic heterocycles. The van der Waals surface area contributed by atoms with Crippen LogP contribution in [0.3, 0.4) is 0 Å². The molecule has 1 amide bonds. The summed E-state index contributed by atoms with van der Waals surface area (Å²) in [6.07, 6.45) is 2.60. The van der Waals surface area contributed by atoms with E-state index in [0.717, 1.165) is 16.8 Å². The molecule has 0 atom stereocenters. The minimum Gasteiger partial charge on any atom is -0.338 e. The fourth-order valence-corrected chi connectivity index (χ4v) is 4.15. The molecule has 0 unspecified atom stereocenters. The van der Waals surface area contributed by atoms with Gasteiger partial charge in [0.2, 0.25) is 5.91 Å². The minimum atomic E-state index is -0.0899. The average Bonchev–Trinajstić information content (AvgIpc) is 3.27. The molecule has 4 rings (SSSR count). The van der Waals surface area contributed by atoms with Gasteiger partial charge in [-0.15, -0.1) is 11.3 Å². The third kappa shape index (κ3) is 4.83. The largest absolute Gasteiger partial charge is 0.338 e. The van der Waals surface area contributed by atoms with Gasteiger partial charge in [0.1, 0.15) is 4.83 Å². The summed E-state index contributed by atoms with van der Waals surface area (Å²) >= 11 is 1.45. The lowest BCUT2D eigenvalue weighted by Gasteiger charge is -2.23. The fraction of sp³-hybridized carbons (Fsp3) is 0.208. The number of thiophene rings is 1. The Morgan fingerprint density at radius 2 is 1.67 bits per heavy atom. The van der Waals surface area contributed by atoms with Gasteiger partial charge in [-0.05, 0) is 29.0 Å². The SMILES string of the molecule is O=C(CCn1cnc2sccc2c1=O)N(CCc1ccccc1)Cc1ccccc1. The smallest absolute Gasteiger partial charge is 0.262 e. The molecule has 2 heterocycles. The molecule has 0 aliphatic heterocycles. The summed E-state index contributed by atoms with van der Waals surface area (Å²) in [6, 6.07) is 22.0. The number of rotatable bonds is 8. The van der Waals surface area contributed by atoms with E-state index < -0.39 is 0 Å². The normalized spacial score (nSPS) is 10.9. The highest BCUT2D eigenvalue weighted by Gasteiger charge is 2.15. The zero-order chi connectivity index (χ0) is 20.8. The number of aromatic nitrogens is 2. The Labute approximate surface area is 179 Å². The van der Waals surface area contributed by atoms with E-state index in [9.17, 15) is 9.59 Å². The van der Waals surface area contributed by atoms with Gasteiger partial charge >= 0.3 is 0 Å². The third-order valence-corrected chi connectivity index (χ3v) is 5.92. The van der Waals surface area contributed by atoms with E-state index in [-0.39, 0.29) is 17.9 Å². The first kappa shape index (κ1) is 20.0. The molecular weight excluding hydrogens is 394 g/mol. The summed E-state index contributed by atoms with van der Waals surface area (Å²) in [6.45, 7) is 1.52. The molecule has 0 fully saturated rings. The Kier molecular flexibility index (Phi) is 6.35. The van der Waals surface area contributed by atoms with Crippen LogP contribution in [0.5, 0.6) is 0 Å². The van der Waals surface area contributed by atoms with Crippen LogP contribution in [0.25, 0.3) is 10.2 Å². The highest BCUT2D eigenvalue weighted by Crippen LogP contribution is 2.14. The zero-order valence-corrected chi connectivity index (χ0v) is 17.4. The number of hydrogen-bond donors (Lipinski definition) is 0. The standard InChI is InChI=1S/C24H23N3O2S/c28-22(12-15-27-18-25-23-21(24(27)29)13-16-30-23)26(17-20-9-5-2-6-10-20)14-11-19-7-3-1-4-8-19/h1-10,13,16,18H,11-12,14-15,17H2. The van der Waals surface area contributed by atoms with E-state index in [4.69, 9.17) is 0 Å². The van der Waals surface area contributed by atoms with E-state index in [1.54, 1.807) is 12.4 Å². The van der Waals surface area contributed by atoms with Crippen molar-refractivity contribution in [2.75, 3.05) is 6.54 Å². The van der Waals surface area contributed by atoms with E-state index in [1.807, 2.05) is 58.8 Å². The van der Waals surface area contributed by atoms with Crippen LogP contribution in [-0.2, 0) is 24.3 Å². The molecule has 0 saturated carbocycles. The van der Waals surface area contributed by atoms with Gasteiger partial charge in [-0.3, -0.25) is 14.2 Å². The number of aryl methyl sites for hydroxylation is 1. The second kappa shape index (κ2) is 9.50. The monoisotopic (exact) mass is 417 g/mol. The quantitative estimate of drug-likeness (QED) is 0.433. The lowest BCUT2D eigenvalue weighted by Crippen LogP contribution is -2.34. The Bertz CT molecular complexity index is 1170. The number of carbonyl (C=O) groups excluding carboxylic acids is 1. The number of amides is 1. The van der Waals surface area contributed by atoms with Gasteiger partial charge in [-0.25, -0.2) is 4.98 Å². The van der Waals surface area contributed by atoms with Crippen molar-refractivity contribution in [3.05, 3.63) is 99.9 Å². The molecule has 0 bridgehead atoms. The van der Waals surface area contributed by atoms with Gasteiger partial charge < -0.3 is 4.90 Å². The first-order valence-corrected chi connectivity index (χ1v) is 10.9. The lowest BCUT2D eigenvalue weighted by atomic mass is 10.1. The molecule has 0 saturated heterocycles.